The van der Waals surface area contributed by atoms with Crippen LogP contribution in [0.5, 0.6) is 11.5 Å². The number of carbonyl (C=O) groups excluding carboxylic acids is 1. The van der Waals surface area contributed by atoms with E-state index in [1.807, 2.05) is 13.8 Å². The molecular formula is C14H17N5O2. The van der Waals surface area contributed by atoms with Crippen LogP contribution in [-0.4, -0.2) is 20.9 Å². The molecule has 0 bridgehead atoms. The van der Waals surface area contributed by atoms with E-state index in [0.29, 0.717) is 17.3 Å². The van der Waals surface area contributed by atoms with Crippen LogP contribution in [0.3, 0.4) is 0 Å². The summed E-state index contributed by atoms with van der Waals surface area (Å²) in [6, 6.07) is 1.50. The minimum absolute atomic E-state index is 0.126. The molecular weight excluding hydrogens is 270 g/mol. The van der Waals surface area contributed by atoms with E-state index in [0.717, 1.165) is 5.56 Å². The third-order valence-corrected chi connectivity index (χ3v) is 2.89. The summed E-state index contributed by atoms with van der Waals surface area (Å²) in [5.41, 5.74) is 12.0. The molecule has 0 atom stereocenters. The number of pyridine rings is 1. The fourth-order valence-corrected chi connectivity index (χ4v) is 1.78. The topological polar surface area (TPSA) is 117 Å². The zero-order valence-electron chi connectivity index (χ0n) is 12.1. The molecule has 2 aromatic heterocycles. The van der Waals surface area contributed by atoms with E-state index in [4.69, 9.17) is 16.2 Å². The second-order valence-electron chi connectivity index (χ2n) is 4.90. The molecule has 0 fully saturated rings. The monoisotopic (exact) mass is 287 g/mol. The summed E-state index contributed by atoms with van der Waals surface area (Å²) in [5.74, 6) is 1.11. The minimum atomic E-state index is -0.622. The van der Waals surface area contributed by atoms with Crippen LogP contribution in [0.4, 0.5) is 5.82 Å². The van der Waals surface area contributed by atoms with Crippen LogP contribution in [0.2, 0.25) is 0 Å². The number of amides is 1. The van der Waals surface area contributed by atoms with Crippen LogP contribution in [-0.2, 0) is 0 Å². The third-order valence-electron chi connectivity index (χ3n) is 2.89. The first-order valence-electron chi connectivity index (χ1n) is 6.45. The maximum atomic E-state index is 11.3. The van der Waals surface area contributed by atoms with E-state index in [-0.39, 0.29) is 17.4 Å². The molecule has 0 unspecified atom stereocenters. The summed E-state index contributed by atoms with van der Waals surface area (Å²) in [6.07, 6.45) is 3.07. The Kier molecular flexibility index (Phi) is 4.02. The fourth-order valence-electron chi connectivity index (χ4n) is 1.78. The SMILES string of the molecule is Cc1ncc(Oc2cc(C(N)=O)ncc2C(C)C)c(N)n1. The highest BCUT2D eigenvalue weighted by Gasteiger charge is 2.15. The number of hydrogen-bond donors (Lipinski definition) is 2. The van der Waals surface area contributed by atoms with Gasteiger partial charge in [-0.15, -0.1) is 0 Å². The largest absolute Gasteiger partial charge is 0.451 e. The van der Waals surface area contributed by atoms with Crippen molar-refractivity contribution in [1.82, 2.24) is 15.0 Å². The van der Waals surface area contributed by atoms with E-state index < -0.39 is 5.91 Å². The number of aromatic nitrogens is 3. The summed E-state index contributed by atoms with van der Waals surface area (Å²) >= 11 is 0. The highest BCUT2D eigenvalue weighted by molar-refractivity contribution is 5.91. The van der Waals surface area contributed by atoms with Crippen LogP contribution in [0.1, 0.15) is 41.6 Å². The molecule has 7 nitrogen and oxygen atoms in total. The average Bonchev–Trinajstić information content (AvgIpc) is 2.41. The van der Waals surface area contributed by atoms with Crippen LogP contribution < -0.4 is 16.2 Å². The molecule has 2 aromatic rings. The summed E-state index contributed by atoms with van der Waals surface area (Å²) in [6.45, 7) is 5.71. The zero-order chi connectivity index (χ0) is 15.6. The Bertz CT molecular complexity index is 685. The lowest BCUT2D eigenvalue weighted by molar-refractivity contribution is 0.0995. The van der Waals surface area contributed by atoms with Crippen molar-refractivity contribution in [3.8, 4) is 11.5 Å². The van der Waals surface area contributed by atoms with Crippen molar-refractivity contribution in [3.05, 3.63) is 35.5 Å². The molecule has 1 amide bonds. The van der Waals surface area contributed by atoms with Gasteiger partial charge < -0.3 is 16.2 Å². The lowest BCUT2D eigenvalue weighted by Crippen LogP contribution is -2.13. The lowest BCUT2D eigenvalue weighted by atomic mass is 10.0. The maximum Gasteiger partial charge on any atom is 0.267 e. The summed E-state index contributed by atoms with van der Waals surface area (Å²) < 4.78 is 5.75. The first-order chi connectivity index (χ1) is 9.88. The summed E-state index contributed by atoms with van der Waals surface area (Å²) in [7, 11) is 0. The average molecular weight is 287 g/mol. The Labute approximate surface area is 122 Å². The molecule has 0 saturated carbocycles. The summed E-state index contributed by atoms with van der Waals surface area (Å²) in [5, 5.41) is 0. The number of nitrogens with zero attached hydrogens (tertiary/aromatic N) is 3. The third kappa shape index (κ3) is 3.25. The predicted molar refractivity (Wildman–Crippen MR) is 78.1 cm³/mol. The standard InChI is InChI=1S/C14H17N5O2/c1-7(2)9-5-18-10(14(16)20)4-11(9)21-12-6-17-8(3)19-13(12)15/h4-7H,1-3H3,(H2,16,20)(H2,15,17,19). The maximum absolute atomic E-state index is 11.3. The van der Waals surface area contributed by atoms with E-state index in [1.54, 1.807) is 13.1 Å². The molecule has 21 heavy (non-hydrogen) atoms. The van der Waals surface area contributed by atoms with Crippen molar-refractivity contribution in [2.45, 2.75) is 26.7 Å². The van der Waals surface area contributed by atoms with Crippen molar-refractivity contribution in [2.75, 3.05) is 5.73 Å². The van der Waals surface area contributed by atoms with Gasteiger partial charge in [-0.05, 0) is 12.8 Å². The van der Waals surface area contributed by atoms with Crippen molar-refractivity contribution in [3.63, 3.8) is 0 Å². The molecule has 4 N–H and O–H groups in total. The van der Waals surface area contributed by atoms with E-state index >= 15 is 0 Å². The van der Waals surface area contributed by atoms with Gasteiger partial charge in [0.25, 0.3) is 5.91 Å². The Morgan fingerprint density at radius 1 is 1.24 bits per heavy atom. The molecule has 110 valence electrons. The molecule has 0 aliphatic carbocycles. The number of nitrogen functional groups attached to an aromatic ring is 1. The molecule has 7 heteroatoms. The fraction of sp³-hybridized carbons (Fsp3) is 0.286. The Balaban J connectivity index is 2.45. The molecule has 0 radical (unpaired) electrons. The number of ether oxygens (including phenoxy) is 1. The van der Waals surface area contributed by atoms with Gasteiger partial charge in [-0.25, -0.2) is 9.97 Å². The Hall–Kier alpha value is -2.70. The van der Waals surface area contributed by atoms with Crippen LogP contribution >= 0.6 is 0 Å². The Morgan fingerprint density at radius 3 is 2.52 bits per heavy atom. The normalized spacial score (nSPS) is 10.7. The predicted octanol–water partition coefficient (Wildman–Crippen LogP) is 1.78. The van der Waals surface area contributed by atoms with E-state index in [2.05, 4.69) is 15.0 Å². The van der Waals surface area contributed by atoms with Gasteiger partial charge in [-0.2, -0.15) is 0 Å². The lowest BCUT2D eigenvalue weighted by Gasteiger charge is -2.14. The molecule has 0 aliphatic heterocycles. The second-order valence-corrected chi connectivity index (χ2v) is 4.90. The highest BCUT2D eigenvalue weighted by atomic mass is 16.5. The van der Waals surface area contributed by atoms with Gasteiger partial charge >= 0.3 is 0 Å². The van der Waals surface area contributed by atoms with Gasteiger partial charge in [-0.1, -0.05) is 13.8 Å². The highest BCUT2D eigenvalue weighted by Crippen LogP contribution is 2.32. The van der Waals surface area contributed by atoms with Gasteiger partial charge in [-0.3, -0.25) is 9.78 Å². The summed E-state index contributed by atoms with van der Waals surface area (Å²) in [4.78, 5) is 23.4. The number of nitrogens with two attached hydrogens (primary N) is 2. The van der Waals surface area contributed by atoms with Crippen LogP contribution in [0.15, 0.2) is 18.5 Å². The second kappa shape index (κ2) is 5.74. The number of anilines is 1. The zero-order valence-corrected chi connectivity index (χ0v) is 12.1. The smallest absolute Gasteiger partial charge is 0.267 e. The quantitative estimate of drug-likeness (QED) is 0.885. The van der Waals surface area contributed by atoms with Crippen LogP contribution in [0, 0.1) is 6.92 Å². The van der Waals surface area contributed by atoms with Gasteiger partial charge in [0.1, 0.15) is 17.3 Å². The number of primary amides is 1. The van der Waals surface area contributed by atoms with Gasteiger partial charge in [0.15, 0.2) is 11.6 Å². The van der Waals surface area contributed by atoms with Gasteiger partial charge in [0.2, 0.25) is 0 Å². The van der Waals surface area contributed by atoms with E-state index in [1.165, 1.54) is 12.3 Å². The van der Waals surface area contributed by atoms with Crippen molar-refractivity contribution in [2.24, 2.45) is 5.73 Å². The number of carbonyl (C=O) groups is 1. The van der Waals surface area contributed by atoms with Gasteiger partial charge in [0.05, 0.1) is 6.20 Å². The van der Waals surface area contributed by atoms with Crippen molar-refractivity contribution >= 4 is 11.7 Å². The number of rotatable bonds is 4. The molecule has 0 aliphatic rings. The van der Waals surface area contributed by atoms with Crippen LogP contribution in [0.25, 0.3) is 0 Å². The van der Waals surface area contributed by atoms with Gasteiger partial charge in [0, 0.05) is 17.8 Å². The van der Waals surface area contributed by atoms with Crippen molar-refractivity contribution < 1.29 is 9.53 Å². The molecule has 2 rings (SSSR count). The molecule has 0 spiro atoms. The van der Waals surface area contributed by atoms with Crippen molar-refractivity contribution in [1.29, 1.82) is 0 Å². The minimum Gasteiger partial charge on any atom is -0.451 e. The molecule has 0 aromatic carbocycles. The number of hydrogen-bond acceptors (Lipinski definition) is 6. The Morgan fingerprint density at radius 2 is 1.95 bits per heavy atom. The number of aryl methyl sites for hydroxylation is 1. The first-order valence-corrected chi connectivity index (χ1v) is 6.45. The first kappa shape index (κ1) is 14.7. The molecule has 0 saturated heterocycles. The molecule has 2 heterocycles. The van der Waals surface area contributed by atoms with E-state index in [9.17, 15) is 4.79 Å².